The fourth-order valence-electron chi connectivity index (χ4n) is 3.44. The zero-order valence-electron chi connectivity index (χ0n) is 18.6. The van der Waals surface area contributed by atoms with E-state index < -0.39 is 5.91 Å². The number of anilines is 2. The first-order chi connectivity index (χ1) is 17.0. The first kappa shape index (κ1) is 21.6. The van der Waals surface area contributed by atoms with Crippen molar-refractivity contribution in [3.63, 3.8) is 0 Å². The van der Waals surface area contributed by atoms with Gasteiger partial charge in [0.1, 0.15) is 16.9 Å². The predicted molar refractivity (Wildman–Crippen MR) is 132 cm³/mol. The number of benzene rings is 2. The second-order valence-electron chi connectivity index (χ2n) is 7.66. The van der Waals surface area contributed by atoms with E-state index in [0.717, 1.165) is 11.1 Å². The Balaban J connectivity index is 1.35. The summed E-state index contributed by atoms with van der Waals surface area (Å²) in [4.78, 5) is 44.1. The average Bonchev–Trinajstić information content (AvgIpc) is 3.52. The summed E-state index contributed by atoms with van der Waals surface area (Å²) in [6, 6.07) is 18.0. The van der Waals surface area contributed by atoms with E-state index in [0.29, 0.717) is 28.2 Å². The molecule has 4 N–H and O–H groups in total. The molecule has 0 aliphatic carbocycles. The smallest absolute Gasteiger partial charge is 0.276 e. The first-order valence-corrected chi connectivity index (χ1v) is 10.7. The van der Waals surface area contributed by atoms with Crippen molar-refractivity contribution in [2.75, 3.05) is 10.6 Å². The fraction of sp³-hybridized carbons (Fsp3) is 0.0385. The summed E-state index contributed by atoms with van der Waals surface area (Å²) in [7, 11) is 0. The minimum absolute atomic E-state index is 0.192. The van der Waals surface area contributed by atoms with Crippen LogP contribution in [0.4, 0.5) is 11.9 Å². The Morgan fingerprint density at radius 3 is 2.54 bits per heavy atom. The average molecular weight is 461 g/mol. The number of carbonyl (C=O) groups is 2. The second-order valence-corrected chi connectivity index (χ2v) is 7.66. The van der Waals surface area contributed by atoms with Gasteiger partial charge in [0.2, 0.25) is 11.9 Å². The zero-order valence-corrected chi connectivity index (χ0v) is 18.6. The van der Waals surface area contributed by atoms with Crippen LogP contribution in [0.2, 0.25) is 0 Å². The van der Waals surface area contributed by atoms with Crippen LogP contribution in [0.15, 0.2) is 73.1 Å². The Morgan fingerprint density at radius 1 is 0.886 bits per heavy atom. The van der Waals surface area contributed by atoms with Gasteiger partial charge in [0.25, 0.3) is 11.8 Å². The van der Waals surface area contributed by atoms with E-state index in [1.165, 1.54) is 6.20 Å². The topological polar surface area (TPSA) is 128 Å². The lowest BCUT2D eigenvalue weighted by Crippen LogP contribution is -2.15. The third-order valence-corrected chi connectivity index (χ3v) is 5.05. The van der Waals surface area contributed by atoms with Crippen molar-refractivity contribution in [3.8, 4) is 11.8 Å². The van der Waals surface area contributed by atoms with E-state index in [-0.39, 0.29) is 17.5 Å². The van der Waals surface area contributed by atoms with Gasteiger partial charge in [-0.05, 0) is 54.8 Å². The third kappa shape index (κ3) is 4.91. The summed E-state index contributed by atoms with van der Waals surface area (Å²) in [5.74, 6) is 5.74. The van der Waals surface area contributed by atoms with Crippen molar-refractivity contribution in [2.24, 2.45) is 0 Å². The van der Waals surface area contributed by atoms with E-state index >= 15 is 0 Å². The standard InChI is InChI=1S/C26H19N7O2/c1-16-5-2-6-17(15-16)11-12-18-7-3-10-21(29-18)24(35)33-26-30-20-9-4-8-19(22(20)31-26)23(34)32-25-27-13-14-28-25/h2-10,13-15H,1H3,(H2,27,28,32,34)(H2,30,31,33,35). The Morgan fingerprint density at radius 2 is 1.71 bits per heavy atom. The number of aryl methyl sites for hydroxylation is 1. The molecule has 3 aromatic heterocycles. The molecule has 0 saturated carbocycles. The highest BCUT2D eigenvalue weighted by Gasteiger charge is 2.16. The van der Waals surface area contributed by atoms with Crippen molar-refractivity contribution in [2.45, 2.75) is 6.92 Å². The second kappa shape index (κ2) is 9.33. The molecule has 0 unspecified atom stereocenters. The summed E-state index contributed by atoms with van der Waals surface area (Å²) in [5, 5.41) is 5.37. The highest BCUT2D eigenvalue weighted by atomic mass is 16.2. The number of carbonyl (C=O) groups excluding carboxylic acids is 2. The van der Waals surface area contributed by atoms with Crippen LogP contribution in [0, 0.1) is 18.8 Å². The van der Waals surface area contributed by atoms with E-state index in [1.807, 2.05) is 31.2 Å². The highest BCUT2D eigenvalue weighted by Crippen LogP contribution is 2.20. The number of amides is 2. The molecule has 0 spiro atoms. The van der Waals surface area contributed by atoms with Crippen molar-refractivity contribution in [3.05, 3.63) is 101 Å². The van der Waals surface area contributed by atoms with Gasteiger partial charge in [0.05, 0.1) is 11.1 Å². The number of imidazole rings is 2. The van der Waals surface area contributed by atoms with Gasteiger partial charge < -0.3 is 9.97 Å². The summed E-state index contributed by atoms with van der Waals surface area (Å²) in [5.41, 5.74) is 4.00. The van der Waals surface area contributed by atoms with Crippen molar-refractivity contribution >= 4 is 34.7 Å². The van der Waals surface area contributed by atoms with Gasteiger partial charge in [-0.1, -0.05) is 30.2 Å². The first-order valence-electron chi connectivity index (χ1n) is 10.7. The monoisotopic (exact) mass is 461 g/mol. The SMILES string of the molecule is Cc1cccc(C#Cc2cccc(C(=O)Nc3nc4c(C(=O)Nc5ncc[nH]5)cccc4[nH]3)n2)c1. The van der Waals surface area contributed by atoms with E-state index in [2.05, 4.69) is 47.4 Å². The lowest BCUT2D eigenvalue weighted by molar-refractivity contribution is 0.101. The number of aromatic amines is 2. The molecule has 5 rings (SSSR count). The van der Waals surface area contributed by atoms with Crippen LogP contribution in [0.25, 0.3) is 11.0 Å². The summed E-state index contributed by atoms with van der Waals surface area (Å²) in [6.07, 6.45) is 3.14. The maximum Gasteiger partial charge on any atom is 0.276 e. The lowest BCUT2D eigenvalue weighted by Gasteiger charge is -2.02. The maximum absolute atomic E-state index is 12.8. The molecule has 35 heavy (non-hydrogen) atoms. The Bertz CT molecular complexity index is 1610. The largest absolute Gasteiger partial charge is 0.331 e. The molecule has 0 atom stereocenters. The number of H-pyrrole nitrogens is 2. The molecule has 9 heteroatoms. The molecule has 2 aromatic carbocycles. The van der Waals surface area contributed by atoms with E-state index in [9.17, 15) is 9.59 Å². The van der Waals surface area contributed by atoms with Gasteiger partial charge in [-0.25, -0.2) is 15.0 Å². The minimum Gasteiger partial charge on any atom is -0.331 e. The number of hydrogen-bond donors (Lipinski definition) is 4. The molecule has 9 nitrogen and oxygen atoms in total. The zero-order chi connectivity index (χ0) is 24.2. The molecule has 0 fully saturated rings. The molecular formula is C26H19N7O2. The number of nitrogens with one attached hydrogen (secondary N) is 4. The Kier molecular flexibility index (Phi) is 5.76. The number of nitrogens with zero attached hydrogens (tertiary/aromatic N) is 3. The van der Waals surface area contributed by atoms with Gasteiger partial charge in [-0.2, -0.15) is 0 Å². The molecular weight excluding hydrogens is 442 g/mol. The summed E-state index contributed by atoms with van der Waals surface area (Å²) >= 11 is 0. The lowest BCUT2D eigenvalue weighted by atomic mass is 10.1. The van der Waals surface area contributed by atoms with E-state index in [1.54, 1.807) is 42.6 Å². The molecule has 0 aliphatic rings. The van der Waals surface area contributed by atoms with Crippen molar-refractivity contribution in [1.29, 1.82) is 0 Å². The van der Waals surface area contributed by atoms with Gasteiger partial charge in [-0.3, -0.25) is 20.2 Å². The van der Waals surface area contributed by atoms with Crippen LogP contribution in [0.3, 0.4) is 0 Å². The Hall–Kier alpha value is -5.23. The number of aromatic nitrogens is 5. The third-order valence-electron chi connectivity index (χ3n) is 5.05. The number of rotatable bonds is 4. The van der Waals surface area contributed by atoms with E-state index in [4.69, 9.17) is 0 Å². The van der Waals surface area contributed by atoms with Gasteiger partial charge in [0.15, 0.2) is 0 Å². The molecule has 170 valence electrons. The van der Waals surface area contributed by atoms with Gasteiger partial charge >= 0.3 is 0 Å². The number of para-hydroxylation sites is 1. The normalized spacial score (nSPS) is 10.4. The van der Waals surface area contributed by atoms with Crippen LogP contribution in [0.5, 0.6) is 0 Å². The molecule has 0 radical (unpaired) electrons. The van der Waals surface area contributed by atoms with Crippen LogP contribution in [-0.2, 0) is 0 Å². The van der Waals surface area contributed by atoms with Crippen molar-refractivity contribution < 1.29 is 9.59 Å². The fourth-order valence-corrected chi connectivity index (χ4v) is 3.44. The number of fused-ring (bicyclic) bond motifs is 1. The number of hydrogen-bond acceptors (Lipinski definition) is 5. The molecule has 0 saturated heterocycles. The van der Waals surface area contributed by atoms with Gasteiger partial charge in [0, 0.05) is 18.0 Å². The van der Waals surface area contributed by atoms with Crippen molar-refractivity contribution in [1.82, 2.24) is 24.9 Å². The highest BCUT2D eigenvalue weighted by molar-refractivity contribution is 6.11. The van der Waals surface area contributed by atoms with Crippen LogP contribution in [-0.4, -0.2) is 36.7 Å². The molecule has 2 amide bonds. The van der Waals surface area contributed by atoms with Crippen LogP contribution < -0.4 is 10.6 Å². The number of pyridine rings is 1. The molecule has 0 aliphatic heterocycles. The predicted octanol–water partition coefficient (Wildman–Crippen LogP) is 3.89. The van der Waals surface area contributed by atoms with Gasteiger partial charge in [-0.15, -0.1) is 0 Å². The minimum atomic E-state index is -0.454. The summed E-state index contributed by atoms with van der Waals surface area (Å²) in [6.45, 7) is 2.00. The quantitative estimate of drug-likeness (QED) is 0.302. The maximum atomic E-state index is 12.8. The molecule has 0 bridgehead atoms. The Labute approximate surface area is 200 Å². The van der Waals surface area contributed by atoms with Crippen LogP contribution >= 0.6 is 0 Å². The van der Waals surface area contributed by atoms with Crippen LogP contribution in [0.1, 0.15) is 37.7 Å². The molecule has 5 aromatic rings. The summed E-state index contributed by atoms with van der Waals surface area (Å²) < 4.78 is 0. The molecule has 3 heterocycles.